The third kappa shape index (κ3) is 7.68. The molecule has 1 unspecified atom stereocenters. The molecule has 49 heavy (non-hydrogen) atoms. The average molecular weight is 675 g/mol. The van der Waals surface area contributed by atoms with Gasteiger partial charge in [0.15, 0.2) is 5.17 Å². The van der Waals surface area contributed by atoms with Gasteiger partial charge < -0.3 is 19.9 Å². The number of nitrogens with zero attached hydrogens (tertiary/aromatic N) is 5. The second-order valence-corrected chi connectivity index (χ2v) is 13.3. The number of carbonyl (C=O) groups is 3. The number of hydrogen-bond donors (Lipinski definition) is 1. The number of morpholine rings is 1. The minimum absolute atomic E-state index is 0.0447. The molecule has 3 aromatic carbocycles. The van der Waals surface area contributed by atoms with E-state index in [1.54, 1.807) is 16.0 Å². The topological polar surface area (TPSA) is 107 Å². The number of benzene rings is 3. The van der Waals surface area contributed by atoms with E-state index in [0.29, 0.717) is 30.4 Å². The lowest BCUT2D eigenvalue weighted by molar-refractivity contribution is -0.136. The number of hydrogen-bond acceptors (Lipinski definition) is 8. The summed E-state index contributed by atoms with van der Waals surface area (Å²) >= 11 is 1.41. The Morgan fingerprint density at radius 1 is 0.898 bits per heavy atom. The van der Waals surface area contributed by atoms with Crippen LogP contribution in [0.2, 0.25) is 0 Å². The number of anilines is 2. The third-order valence-electron chi connectivity index (χ3n) is 9.00. The molecule has 4 heterocycles. The van der Waals surface area contributed by atoms with Crippen LogP contribution in [0.4, 0.5) is 17.1 Å². The lowest BCUT2D eigenvalue weighted by Crippen LogP contribution is -2.43. The Morgan fingerprint density at radius 3 is 2.39 bits per heavy atom. The summed E-state index contributed by atoms with van der Waals surface area (Å²) in [4.78, 5) is 55.3. The van der Waals surface area contributed by atoms with Gasteiger partial charge in [-0.05, 0) is 72.5 Å². The quantitative estimate of drug-likeness (QED) is 0.247. The highest BCUT2D eigenvalue weighted by molar-refractivity contribution is 8.15. The first-order chi connectivity index (χ1) is 24.0. The molecule has 3 fully saturated rings. The smallest absolute Gasteiger partial charge is 0.247 e. The molecular formula is C38H38N6O4S. The summed E-state index contributed by atoms with van der Waals surface area (Å²) in [5, 5.41) is 3.11. The van der Waals surface area contributed by atoms with E-state index in [4.69, 9.17) is 9.73 Å². The molecular weight excluding hydrogens is 637 g/mol. The molecule has 10 nitrogen and oxygen atoms in total. The van der Waals surface area contributed by atoms with Crippen LogP contribution in [0, 0.1) is 0 Å². The van der Waals surface area contributed by atoms with Crippen LogP contribution in [0.15, 0.2) is 108 Å². The van der Waals surface area contributed by atoms with E-state index >= 15 is 0 Å². The van der Waals surface area contributed by atoms with Crippen LogP contribution in [-0.4, -0.2) is 76.6 Å². The third-order valence-corrected chi connectivity index (χ3v) is 10.2. The molecule has 0 saturated carbocycles. The lowest BCUT2D eigenvalue weighted by Gasteiger charge is -2.28. The van der Waals surface area contributed by atoms with Gasteiger partial charge >= 0.3 is 0 Å². The zero-order valence-electron chi connectivity index (χ0n) is 27.1. The molecule has 3 amide bonds. The second kappa shape index (κ2) is 15.0. The number of pyridine rings is 1. The Bertz CT molecular complexity index is 1800. The summed E-state index contributed by atoms with van der Waals surface area (Å²) in [5.41, 5.74) is 5.02. The van der Waals surface area contributed by atoms with Crippen molar-refractivity contribution in [3.63, 3.8) is 0 Å². The number of aliphatic imine (C=N–C) groups is 1. The predicted octanol–water partition coefficient (Wildman–Crippen LogP) is 5.59. The molecule has 1 aromatic heterocycles. The molecule has 4 aromatic rings. The number of amidine groups is 1. The zero-order valence-corrected chi connectivity index (χ0v) is 27.9. The highest BCUT2D eigenvalue weighted by atomic mass is 32.2. The van der Waals surface area contributed by atoms with Crippen LogP contribution in [0.5, 0.6) is 0 Å². The Kier molecular flexibility index (Phi) is 9.99. The molecule has 2 atom stereocenters. The van der Waals surface area contributed by atoms with E-state index in [0.717, 1.165) is 60.9 Å². The fraction of sp³-hybridized carbons (Fsp3) is 0.289. The first-order valence-electron chi connectivity index (χ1n) is 16.7. The first-order valence-corrected chi connectivity index (χ1v) is 17.5. The van der Waals surface area contributed by atoms with Crippen molar-refractivity contribution in [2.24, 2.45) is 4.99 Å². The van der Waals surface area contributed by atoms with Crippen LogP contribution >= 0.6 is 11.8 Å². The van der Waals surface area contributed by atoms with E-state index in [2.05, 4.69) is 27.3 Å². The van der Waals surface area contributed by atoms with Gasteiger partial charge in [-0.25, -0.2) is 4.99 Å². The van der Waals surface area contributed by atoms with E-state index in [1.807, 2.05) is 84.9 Å². The highest BCUT2D eigenvalue weighted by Crippen LogP contribution is 2.41. The summed E-state index contributed by atoms with van der Waals surface area (Å²) in [6, 6.07) is 30.2. The van der Waals surface area contributed by atoms with E-state index in [1.165, 1.54) is 11.8 Å². The number of ether oxygens (including phenoxy) is 1. The molecule has 7 rings (SSSR count). The van der Waals surface area contributed by atoms with Gasteiger partial charge in [0.2, 0.25) is 17.7 Å². The van der Waals surface area contributed by atoms with Crippen molar-refractivity contribution >= 4 is 51.7 Å². The van der Waals surface area contributed by atoms with Crippen molar-refractivity contribution in [2.45, 2.75) is 37.1 Å². The number of carbonyl (C=O) groups excluding carboxylic acids is 3. The normalized spacial score (nSPS) is 20.2. The molecule has 0 radical (unpaired) electrons. The Labute approximate surface area is 290 Å². The van der Waals surface area contributed by atoms with Gasteiger partial charge in [0, 0.05) is 37.2 Å². The molecule has 0 spiro atoms. The lowest BCUT2D eigenvalue weighted by atomic mass is 10.1. The van der Waals surface area contributed by atoms with E-state index < -0.39 is 11.3 Å². The van der Waals surface area contributed by atoms with Crippen LogP contribution in [0.25, 0.3) is 0 Å². The van der Waals surface area contributed by atoms with Gasteiger partial charge in [-0.1, -0.05) is 60.3 Å². The first kappa shape index (κ1) is 32.5. The fourth-order valence-electron chi connectivity index (χ4n) is 6.40. The Hall–Kier alpha value is -5.00. The van der Waals surface area contributed by atoms with Crippen molar-refractivity contribution in [3.05, 3.63) is 120 Å². The molecule has 3 aliphatic rings. The molecule has 3 aliphatic heterocycles. The minimum Gasteiger partial charge on any atom is -0.378 e. The number of likely N-dealkylation sites (tertiary alicyclic amines) is 1. The number of nitrogens with one attached hydrogen (secondary N) is 1. The van der Waals surface area contributed by atoms with E-state index in [-0.39, 0.29) is 24.1 Å². The molecule has 0 aliphatic carbocycles. The fourth-order valence-corrected chi connectivity index (χ4v) is 7.57. The van der Waals surface area contributed by atoms with Gasteiger partial charge in [0.1, 0.15) is 11.3 Å². The van der Waals surface area contributed by atoms with Gasteiger partial charge in [0.05, 0.1) is 37.6 Å². The van der Waals surface area contributed by atoms with Crippen molar-refractivity contribution in [2.75, 3.05) is 43.1 Å². The van der Waals surface area contributed by atoms with Crippen LogP contribution < -0.4 is 10.2 Å². The monoisotopic (exact) mass is 674 g/mol. The standard InChI is InChI=1S/C38H38N6O4S/c45-34(25-27-7-2-1-3-8-27)43-20-6-10-33(43)36(46)40-29-13-11-28(12-14-29)35-37(47)44(26-31-9-4-5-19-39-31)38(49-35)41-30-15-17-32(18-16-30)42-21-23-48-24-22-42/h1-5,7-9,11-19,33,35H,6,10,20-26H2,(H,40,46)/b41-38-/t33-,35?/m0/s1. The number of aromatic nitrogens is 1. The second-order valence-electron chi connectivity index (χ2n) is 12.3. The van der Waals surface area contributed by atoms with Gasteiger partial charge in [-0.2, -0.15) is 0 Å². The van der Waals surface area contributed by atoms with Crippen molar-refractivity contribution in [1.29, 1.82) is 0 Å². The highest BCUT2D eigenvalue weighted by Gasteiger charge is 2.39. The molecule has 0 bridgehead atoms. The Morgan fingerprint density at radius 2 is 1.65 bits per heavy atom. The van der Waals surface area contributed by atoms with Gasteiger partial charge in [-0.3, -0.25) is 24.3 Å². The largest absolute Gasteiger partial charge is 0.378 e. The molecule has 3 saturated heterocycles. The summed E-state index contributed by atoms with van der Waals surface area (Å²) < 4.78 is 5.48. The molecule has 250 valence electrons. The molecule has 11 heteroatoms. The van der Waals surface area contributed by atoms with Crippen molar-refractivity contribution in [3.8, 4) is 0 Å². The molecule has 1 N–H and O–H groups in total. The summed E-state index contributed by atoms with van der Waals surface area (Å²) in [5.74, 6) is -0.319. The Balaban J connectivity index is 1.04. The van der Waals surface area contributed by atoms with Crippen LogP contribution in [0.3, 0.4) is 0 Å². The predicted molar refractivity (Wildman–Crippen MR) is 192 cm³/mol. The number of thioether (sulfide) groups is 1. The van der Waals surface area contributed by atoms with Gasteiger partial charge in [0.25, 0.3) is 0 Å². The maximum Gasteiger partial charge on any atom is 0.247 e. The number of rotatable bonds is 9. The summed E-state index contributed by atoms with van der Waals surface area (Å²) in [6.45, 7) is 4.02. The maximum atomic E-state index is 13.9. The van der Waals surface area contributed by atoms with Crippen molar-refractivity contribution < 1.29 is 19.1 Å². The summed E-state index contributed by atoms with van der Waals surface area (Å²) in [6.07, 6.45) is 3.41. The average Bonchev–Trinajstić information content (AvgIpc) is 3.76. The zero-order chi connectivity index (χ0) is 33.6. The van der Waals surface area contributed by atoms with Crippen LogP contribution in [-0.2, 0) is 32.1 Å². The minimum atomic E-state index is -0.510. The summed E-state index contributed by atoms with van der Waals surface area (Å²) in [7, 11) is 0. The SMILES string of the molecule is O=C(Nc1ccc(C2S/C(=N\c3ccc(N4CCOCC4)cc3)N(Cc3ccccn3)C2=O)cc1)[C@@H]1CCCN1C(=O)Cc1ccccc1. The van der Waals surface area contributed by atoms with E-state index in [9.17, 15) is 14.4 Å². The van der Waals surface area contributed by atoms with Crippen LogP contribution in [0.1, 0.15) is 34.9 Å². The number of amides is 3. The van der Waals surface area contributed by atoms with Crippen molar-refractivity contribution in [1.82, 2.24) is 14.8 Å². The maximum absolute atomic E-state index is 13.9. The van der Waals surface area contributed by atoms with Gasteiger partial charge in [-0.15, -0.1) is 0 Å².